The van der Waals surface area contributed by atoms with Crippen molar-refractivity contribution < 1.29 is 9.53 Å². The summed E-state index contributed by atoms with van der Waals surface area (Å²) in [7, 11) is 0. The minimum Gasteiger partial charge on any atom is -0.375 e. The van der Waals surface area contributed by atoms with Crippen molar-refractivity contribution in [3.05, 3.63) is 16.1 Å². The van der Waals surface area contributed by atoms with Gasteiger partial charge in [-0.05, 0) is 13.8 Å². The van der Waals surface area contributed by atoms with E-state index in [1.807, 2.05) is 24.1 Å². The van der Waals surface area contributed by atoms with Crippen LogP contribution in [0.2, 0.25) is 0 Å². The summed E-state index contributed by atoms with van der Waals surface area (Å²) in [6.45, 7) is 9.59. The van der Waals surface area contributed by atoms with Crippen LogP contribution in [-0.2, 0) is 16.0 Å². The lowest BCUT2D eigenvalue weighted by Crippen LogP contribution is -2.50. The van der Waals surface area contributed by atoms with Gasteiger partial charge in [-0.1, -0.05) is 13.8 Å². The SMILES string of the molecule is CC(C)c1nc(CC(=O)N2C[C@@H](C)OC[C@H]2C)cs1. The summed E-state index contributed by atoms with van der Waals surface area (Å²) in [6, 6.07) is 0.159. The molecule has 1 aromatic rings. The Bertz CT molecular complexity index is 444. The van der Waals surface area contributed by atoms with Gasteiger partial charge in [0.25, 0.3) is 0 Å². The lowest BCUT2D eigenvalue weighted by Gasteiger charge is -2.36. The standard InChI is InChI=1S/C14H22N2O2S/c1-9(2)14-15-12(8-19-14)5-13(17)16-6-11(4)18-7-10(16)3/h8-11H,5-7H2,1-4H3/t10-,11-/m1/s1. The molecule has 0 spiro atoms. The molecule has 0 unspecified atom stereocenters. The molecular formula is C14H22N2O2S. The summed E-state index contributed by atoms with van der Waals surface area (Å²) < 4.78 is 5.55. The number of nitrogens with zero attached hydrogens (tertiary/aromatic N) is 2. The third-order valence-electron chi connectivity index (χ3n) is 3.32. The van der Waals surface area contributed by atoms with Crippen LogP contribution in [0.5, 0.6) is 0 Å². The molecule has 0 N–H and O–H groups in total. The van der Waals surface area contributed by atoms with E-state index in [-0.39, 0.29) is 18.1 Å². The highest BCUT2D eigenvalue weighted by atomic mass is 32.1. The van der Waals surface area contributed by atoms with Gasteiger partial charge < -0.3 is 9.64 Å². The second-order valence-electron chi connectivity index (χ2n) is 5.55. The van der Waals surface area contributed by atoms with Crippen molar-refractivity contribution >= 4 is 17.2 Å². The maximum atomic E-state index is 12.3. The maximum absolute atomic E-state index is 12.3. The van der Waals surface area contributed by atoms with Crippen LogP contribution in [0.15, 0.2) is 5.38 Å². The highest BCUT2D eigenvalue weighted by Gasteiger charge is 2.27. The summed E-state index contributed by atoms with van der Waals surface area (Å²) in [5.74, 6) is 0.583. The minimum atomic E-state index is 0.127. The first kappa shape index (κ1) is 14.5. The van der Waals surface area contributed by atoms with Gasteiger partial charge in [0.2, 0.25) is 5.91 Å². The van der Waals surface area contributed by atoms with Gasteiger partial charge >= 0.3 is 0 Å². The Hall–Kier alpha value is -0.940. The molecule has 1 saturated heterocycles. The number of carbonyl (C=O) groups excluding carboxylic acids is 1. The maximum Gasteiger partial charge on any atom is 0.229 e. The molecule has 1 amide bonds. The molecule has 0 bridgehead atoms. The first-order valence-corrected chi connectivity index (χ1v) is 7.70. The minimum absolute atomic E-state index is 0.127. The molecular weight excluding hydrogens is 260 g/mol. The fourth-order valence-corrected chi connectivity index (χ4v) is 3.01. The van der Waals surface area contributed by atoms with Gasteiger partial charge in [0.1, 0.15) is 0 Å². The van der Waals surface area contributed by atoms with Crippen molar-refractivity contribution in [2.45, 2.75) is 52.2 Å². The van der Waals surface area contributed by atoms with Crippen LogP contribution in [0.1, 0.15) is 44.3 Å². The van der Waals surface area contributed by atoms with Crippen LogP contribution in [-0.4, -0.2) is 41.1 Å². The first-order chi connectivity index (χ1) is 8.97. The van der Waals surface area contributed by atoms with Gasteiger partial charge in [0.05, 0.1) is 35.9 Å². The first-order valence-electron chi connectivity index (χ1n) is 6.82. The van der Waals surface area contributed by atoms with Gasteiger partial charge in [0, 0.05) is 17.8 Å². The molecule has 0 radical (unpaired) electrons. The molecule has 19 heavy (non-hydrogen) atoms. The second-order valence-corrected chi connectivity index (χ2v) is 6.44. The van der Waals surface area contributed by atoms with Crippen molar-refractivity contribution in [3.8, 4) is 0 Å². The molecule has 1 aliphatic heterocycles. The van der Waals surface area contributed by atoms with E-state index in [1.165, 1.54) is 0 Å². The summed E-state index contributed by atoms with van der Waals surface area (Å²) in [5, 5.41) is 3.10. The van der Waals surface area contributed by atoms with E-state index in [1.54, 1.807) is 11.3 Å². The smallest absolute Gasteiger partial charge is 0.229 e. The van der Waals surface area contributed by atoms with Crippen molar-refractivity contribution in [1.82, 2.24) is 9.88 Å². The Kier molecular flexibility index (Phi) is 4.58. The normalized spacial score (nSPS) is 23.9. The zero-order chi connectivity index (χ0) is 14.0. The number of ether oxygens (including phenoxy) is 1. The number of rotatable bonds is 3. The number of thiazole rings is 1. The molecule has 106 valence electrons. The van der Waals surface area contributed by atoms with Crippen LogP contribution in [0.3, 0.4) is 0 Å². The van der Waals surface area contributed by atoms with E-state index >= 15 is 0 Å². The average Bonchev–Trinajstić information content (AvgIpc) is 2.80. The topological polar surface area (TPSA) is 42.4 Å². The number of morpholine rings is 1. The summed E-state index contributed by atoms with van der Waals surface area (Å²) >= 11 is 1.64. The molecule has 1 aromatic heterocycles. The van der Waals surface area contributed by atoms with Crippen LogP contribution in [0.4, 0.5) is 0 Å². The average molecular weight is 282 g/mol. The molecule has 0 aliphatic carbocycles. The number of carbonyl (C=O) groups is 1. The predicted octanol–water partition coefficient (Wildman–Crippen LogP) is 2.44. The van der Waals surface area contributed by atoms with E-state index in [0.29, 0.717) is 25.5 Å². The fourth-order valence-electron chi connectivity index (χ4n) is 2.18. The van der Waals surface area contributed by atoms with E-state index < -0.39 is 0 Å². The van der Waals surface area contributed by atoms with Gasteiger partial charge in [-0.25, -0.2) is 4.98 Å². The molecule has 2 heterocycles. The Morgan fingerprint density at radius 2 is 2.32 bits per heavy atom. The van der Waals surface area contributed by atoms with Crippen molar-refractivity contribution in [2.75, 3.05) is 13.2 Å². The molecule has 0 aromatic carbocycles. The number of aromatic nitrogens is 1. The number of amides is 1. The molecule has 0 saturated carbocycles. The van der Waals surface area contributed by atoms with E-state index in [9.17, 15) is 4.79 Å². The number of hydrogen-bond acceptors (Lipinski definition) is 4. The van der Waals surface area contributed by atoms with Crippen LogP contribution < -0.4 is 0 Å². The van der Waals surface area contributed by atoms with Crippen molar-refractivity contribution in [1.29, 1.82) is 0 Å². The Morgan fingerprint density at radius 1 is 1.58 bits per heavy atom. The molecule has 4 nitrogen and oxygen atoms in total. The zero-order valence-electron chi connectivity index (χ0n) is 12.0. The highest BCUT2D eigenvalue weighted by Crippen LogP contribution is 2.20. The summed E-state index contributed by atoms with van der Waals surface area (Å²) in [5.41, 5.74) is 0.894. The predicted molar refractivity (Wildman–Crippen MR) is 76.5 cm³/mol. The third-order valence-corrected chi connectivity index (χ3v) is 4.52. The zero-order valence-corrected chi connectivity index (χ0v) is 12.9. The summed E-state index contributed by atoms with van der Waals surface area (Å²) in [6.07, 6.45) is 0.530. The van der Waals surface area contributed by atoms with Crippen LogP contribution in [0.25, 0.3) is 0 Å². The quantitative estimate of drug-likeness (QED) is 0.855. The molecule has 1 aliphatic rings. The second kappa shape index (κ2) is 6.01. The highest BCUT2D eigenvalue weighted by molar-refractivity contribution is 7.09. The largest absolute Gasteiger partial charge is 0.375 e. The molecule has 2 rings (SSSR count). The van der Waals surface area contributed by atoms with Gasteiger partial charge in [0.15, 0.2) is 0 Å². The molecule has 2 atom stereocenters. The monoisotopic (exact) mass is 282 g/mol. The summed E-state index contributed by atoms with van der Waals surface area (Å²) in [4.78, 5) is 18.8. The Balaban J connectivity index is 1.99. The van der Waals surface area contributed by atoms with Gasteiger partial charge in [-0.2, -0.15) is 0 Å². The van der Waals surface area contributed by atoms with Gasteiger partial charge in [-0.3, -0.25) is 4.79 Å². The Morgan fingerprint density at radius 3 is 2.95 bits per heavy atom. The fraction of sp³-hybridized carbons (Fsp3) is 0.714. The Labute approximate surface area is 118 Å². The number of hydrogen-bond donors (Lipinski definition) is 0. The van der Waals surface area contributed by atoms with Crippen LogP contribution in [0, 0.1) is 0 Å². The van der Waals surface area contributed by atoms with E-state index in [0.717, 1.165) is 10.7 Å². The molecule has 1 fully saturated rings. The molecule has 5 heteroatoms. The van der Waals surface area contributed by atoms with Gasteiger partial charge in [-0.15, -0.1) is 11.3 Å². The van der Waals surface area contributed by atoms with Crippen molar-refractivity contribution in [2.24, 2.45) is 0 Å². The lowest BCUT2D eigenvalue weighted by atomic mass is 10.1. The van der Waals surface area contributed by atoms with E-state index in [4.69, 9.17) is 4.74 Å². The lowest BCUT2D eigenvalue weighted by molar-refractivity contribution is -0.142. The third kappa shape index (κ3) is 3.54. The van der Waals surface area contributed by atoms with Crippen molar-refractivity contribution in [3.63, 3.8) is 0 Å². The van der Waals surface area contributed by atoms with Crippen LogP contribution >= 0.6 is 11.3 Å². The van der Waals surface area contributed by atoms with E-state index in [2.05, 4.69) is 18.8 Å².